The molecule has 0 unspecified atom stereocenters. The SMILES string of the molecule is COC(=O)[C@H]1O[C@H](OC[C@H]2O[C@H](OC)[C@H](OC(=O)c3ccccc3)[C@@H](OC(=O)c3ccccc3)[C@@H]2OC(=O)c2ccccc2)[C@H](OC(C)=O)[C@@H](OC(C)=O)[C@@H]1OC(C)=O. The Kier molecular flexibility index (Phi) is 15.2. The molecule has 314 valence electrons. The molecule has 2 aliphatic heterocycles. The van der Waals surface area contributed by atoms with Crippen LogP contribution >= 0.6 is 0 Å². The average molecular weight is 823 g/mol. The Balaban J connectivity index is 1.56. The Hall–Kier alpha value is -6.21. The molecule has 5 rings (SSSR count). The molecule has 10 atom stereocenters. The summed E-state index contributed by atoms with van der Waals surface area (Å²) in [6.45, 7) is 2.40. The standard InChI is InChI=1S/C41H42O18/c1-22(42)52-31-32(53-23(2)43)35(54-24(3)44)41(59-33(31)39(48)49-4)51-21-28-29(56-36(45)25-15-9-6-10-16-25)30(57-37(46)26-17-11-7-12-18-26)34(40(50-5)55-28)58-38(47)27-19-13-8-14-20-27/h6-20,28-35,40-41H,21H2,1-5H3/t28-,29-,30+,31+,32+,33+,34-,35-,40+,41+/m1/s1. The van der Waals surface area contributed by atoms with Gasteiger partial charge in [-0.2, -0.15) is 0 Å². The lowest BCUT2D eigenvalue weighted by atomic mass is 9.96. The summed E-state index contributed by atoms with van der Waals surface area (Å²) in [5, 5.41) is 0. The third-order valence-electron chi connectivity index (χ3n) is 8.84. The maximum atomic E-state index is 13.7. The van der Waals surface area contributed by atoms with Crippen molar-refractivity contribution >= 4 is 41.8 Å². The van der Waals surface area contributed by atoms with E-state index in [1.54, 1.807) is 54.6 Å². The van der Waals surface area contributed by atoms with Crippen molar-refractivity contribution in [2.45, 2.75) is 82.2 Å². The van der Waals surface area contributed by atoms with E-state index in [9.17, 15) is 33.6 Å². The lowest BCUT2D eigenvalue weighted by Gasteiger charge is -2.46. The predicted molar refractivity (Wildman–Crippen MR) is 196 cm³/mol. The fraction of sp³-hybridized carbons (Fsp3) is 0.390. The first kappa shape index (κ1) is 43.9. The molecule has 3 aromatic carbocycles. The van der Waals surface area contributed by atoms with E-state index >= 15 is 0 Å². The van der Waals surface area contributed by atoms with Gasteiger partial charge in [0, 0.05) is 27.9 Å². The second-order valence-corrected chi connectivity index (χ2v) is 13.0. The van der Waals surface area contributed by atoms with Gasteiger partial charge in [-0.1, -0.05) is 54.6 Å². The number of hydrogen-bond donors (Lipinski definition) is 0. The number of carbonyl (C=O) groups is 7. The zero-order chi connectivity index (χ0) is 42.6. The molecule has 0 aliphatic carbocycles. The van der Waals surface area contributed by atoms with Crippen LogP contribution in [0.1, 0.15) is 51.8 Å². The number of hydrogen-bond acceptors (Lipinski definition) is 18. The topological polar surface area (TPSA) is 221 Å². The van der Waals surface area contributed by atoms with Gasteiger partial charge in [0.15, 0.2) is 55.3 Å². The second kappa shape index (κ2) is 20.5. The molecule has 18 heteroatoms. The van der Waals surface area contributed by atoms with Gasteiger partial charge >= 0.3 is 41.8 Å². The molecule has 2 fully saturated rings. The molecule has 3 aromatic rings. The minimum absolute atomic E-state index is 0.0826. The van der Waals surface area contributed by atoms with Crippen molar-refractivity contribution in [3.63, 3.8) is 0 Å². The van der Waals surface area contributed by atoms with Crippen LogP contribution in [0.15, 0.2) is 91.0 Å². The van der Waals surface area contributed by atoms with Crippen molar-refractivity contribution in [3.8, 4) is 0 Å². The third kappa shape index (κ3) is 11.3. The number of carbonyl (C=O) groups excluding carboxylic acids is 7. The van der Waals surface area contributed by atoms with Crippen LogP contribution in [0, 0.1) is 0 Å². The average Bonchev–Trinajstić information content (AvgIpc) is 3.23. The zero-order valence-electron chi connectivity index (χ0n) is 32.5. The quantitative estimate of drug-likeness (QED) is 0.168. The van der Waals surface area contributed by atoms with Crippen LogP contribution in [0.4, 0.5) is 0 Å². The summed E-state index contributed by atoms with van der Waals surface area (Å²) in [5.74, 6) is -6.50. The highest BCUT2D eigenvalue weighted by atomic mass is 16.8. The molecule has 0 N–H and O–H groups in total. The summed E-state index contributed by atoms with van der Waals surface area (Å²) < 4.78 is 62.8. The minimum atomic E-state index is -1.80. The number of methoxy groups -OCH3 is 2. The van der Waals surface area contributed by atoms with Crippen LogP contribution in [-0.4, -0.2) is 124 Å². The van der Waals surface area contributed by atoms with Gasteiger partial charge in [0.25, 0.3) is 0 Å². The minimum Gasteiger partial charge on any atom is -0.467 e. The number of benzene rings is 3. The van der Waals surface area contributed by atoms with Crippen LogP contribution < -0.4 is 0 Å². The van der Waals surface area contributed by atoms with E-state index < -0.39 is 110 Å². The summed E-state index contributed by atoms with van der Waals surface area (Å²) in [6.07, 6.45) is -16.5. The van der Waals surface area contributed by atoms with Crippen molar-refractivity contribution in [2.75, 3.05) is 20.8 Å². The van der Waals surface area contributed by atoms with Gasteiger partial charge in [-0.05, 0) is 36.4 Å². The van der Waals surface area contributed by atoms with Crippen molar-refractivity contribution in [2.24, 2.45) is 0 Å². The Morgan fingerprint density at radius 2 is 0.864 bits per heavy atom. The largest absolute Gasteiger partial charge is 0.467 e. The summed E-state index contributed by atoms with van der Waals surface area (Å²) >= 11 is 0. The van der Waals surface area contributed by atoms with Crippen molar-refractivity contribution in [1.82, 2.24) is 0 Å². The normalized spacial score (nSPS) is 26.3. The van der Waals surface area contributed by atoms with Gasteiger partial charge in [0.1, 0.15) is 6.10 Å². The van der Waals surface area contributed by atoms with Crippen LogP contribution in [0.5, 0.6) is 0 Å². The number of rotatable bonds is 14. The lowest BCUT2D eigenvalue weighted by Crippen LogP contribution is -2.65. The van der Waals surface area contributed by atoms with E-state index in [1.165, 1.54) is 43.5 Å². The van der Waals surface area contributed by atoms with Crippen molar-refractivity contribution in [1.29, 1.82) is 0 Å². The first-order chi connectivity index (χ1) is 28.3. The van der Waals surface area contributed by atoms with E-state index in [2.05, 4.69) is 0 Å². The third-order valence-corrected chi connectivity index (χ3v) is 8.84. The van der Waals surface area contributed by atoms with Gasteiger partial charge in [-0.3, -0.25) is 14.4 Å². The fourth-order valence-corrected chi connectivity index (χ4v) is 6.31. The smallest absolute Gasteiger partial charge is 0.339 e. The van der Waals surface area contributed by atoms with Gasteiger partial charge in [0.05, 0.1) is 30.4 Å². The van der Waals surface area contributed by atoms with Gasteiger partial charge < -0.3 is 52.1 Å². The highest BCUT2D eigenvalue weighted by Crippen LogP contribution is 2.34. The maximum absolute atomic E-state index is 13.7. The first-order valence-electron chi connectivity index (χ1n) is 18.1. The Morgan fingerprint density at radius 1 is 0.475 bits per heavy atom. The molecular formula is C41H42O18. The summed E-state index contributed by atoms with van der Waals surface area (Å²) in [7, 11) is 2.24. The molecule has 0 bridgehead atoms. The Labute approximate surface area is 337 Å². The molecule has 2 saturated heterocycles. The van der Waals surface area contributed by atoms with E-state index in [-0.39, 0.29) is 16.7 Å². The Morgan fingerprint density at radius 3 is 1.31 bits per heavy atom. The summed E-state index contributed by atoms with van der Waals surface area (Å²) in [5.41, 5.74) is 0.299. The zero-order valence-corrected chi connectivity index (χ0v) is 32.5. The first-order valence-corrected chi connectivity index (χ1v) is 18.1. The number of ether oxygens (including phenoxy) is 11. The van der Waals surface area contributed by atoms with Crippen molar-refractivity contribution in [3.05, 3.63) is 108 Å². The fourth-order valence-electron chi connectivity index (χ4n) is 6.31. The van der Waals surface area contributed by atoms with Crippen LogP contribution in [-0.2, 0) is 71.3 Å². The predicted octanol–water partition coefficient (Wildman–Crippen LogP) is 2.74. The molecule has 0 saturated carbocycles. The highest BCUT2D eigenvalue weighted by Gasteiger charge is 2.57. The van der Waals surface area contributed by atoms with E-state index in [0.717, 1.165) is 27.9 Å². The molecule has 18 nitrogen and oxygen atoms in total. The molecule has 0 spiro atoms. The van der Waals surface area contributed by atoms with E-state index in [1.807, 2.05) is 0 Å². The second-order valence-electron chi connectivity index (χ2n) is 13.0. The van der Waals surface area contributed by atoms with Crippen LogP contribution in [0.2, 0.25) is 0 Å². The maximum Gasteiger partial charge on any atom is 0.339 e. The summed E-state index contributed by atoms with van der Waals surface area (Å²) in [6, 6.07) is 23.5. The molecule has 0 aromatic heterocycles. The van der Waals surface area contributed by atoms with Gasteiger partial charge in [-0.15, -0.1) is 0 Å². The summed E-state index contributed by atoms with van der Waals surface area (Å²) in [4.78, 5) is 90.9. The molecular weight excluding hydrogens is 780 g/mol. The van der Waals surface area contributed by atoms with Crippen LogP contribution in [0.25, 0.3) is 0 Å². The van der Waals surface area contributed by atoms with E-state index in [0.29, 0.717) is 0 Å². The molecule has 59 heavy (non-hydrogen) atoms. The number of esters is 7. The van der Waals surface area contributed by atoms with Gasteiger partial charge in [0.2, 0.25) is 0 Å². The molecule has 2 heterocycles. The van der Waals surface area contributed by atoms with Crippen molar-refractivity contribution < 1.29 is 85.7 Å². The Bertz CT molecular complexity index is 1940. The van der Waals surface area contributed by atoms with Crippen LogP contribution in [0.3, 0.4) is 0 Å². The monoisotopic (exact) mass is 822 g/mol. The lowest BCUT2D eigenvalue weighted by molar-refractivity contribution is -0.325. The van der Waals surface area contributed by atoms with Gasteiger partial charge in [-0.25, -0.2) is 19.2 Å². The molecule has 0 amide bonds. The molecule has 0 radical (unpaired) electrons. The highest BCUT2D eigenvalue weighted by molar-refractivity contribution is 5.91. The molecule has 2 aliphatic rings. The van der Waals surface area contributed by atoms with E-state index in [4.69, 9.17) is 52.1 Å².